The van der Waals surface area contributed by atoms with E-state index in [-0.39, 0.29) is 23.2 Å². The van der Waals surface area contributed by atoms with Crippen LogP contribution in [0.3, 0.4) is 0 Å². The van der Waals surface area contributed by atoms with Crippen LogP contribution in [0.4, 0.5) is 4.39 Å². The van der Waals surface area contributed by atoms with E-state index in [2.05, 4.69) is 10.4 Å². The van der Waals surface area contributed by atoms with E-state index >= 15 is 0 Å². The third-order valence-corrected chi connectivity index (χ3v) is 3.88. The molecule has 5 nitrogen and oxygen atoms in total. The number of carbonyl (C=O) groups is 1. The molecule has 1 aromatic carbocycles. The van der Waals surface area contributed by atoms with Crippen molar-refractivity contribution in [3.63, 3.8) is 0 Å². The summed E-state index contributed by atoms with van der Waals surface area (Å²) in [5.74, 6) is -0.799. The van der Waals surface area contributed by atoms with Gasteiger partial charge in [0.15, 0.2) is 0 Å². The Morgan fingerprint density at radius 3 is 2.65 bits per heavy atom. The Balaban J connectivity index is 2.19. The number of benzene rings is 1. The largest absolute Gasteiger partial charge is 0.394 e. The van der Waals surface area contributed by atoms with Crippen molar-refractivity contribution in [2.24, 2.45) is 7.05 Å². The molecule has 1 heterocycles. The lowest BCUT2D eigenvalue weighted by Crippen LogP contribution is -2.31. The van der Waals surface area contributed by atoms with E-state index in [9.17, 15) is 14.3 Å². The lowest BCUT2D eigenvalue weighted by molar-refractivity contribution is 0.0910. The highest BCUT2D eigenvalue weighted by Gasteiger charge is 2.19. The molecule has 1 unspecified atom stereocenters. The Morgan fingerprint density at radius 1 is 1.43 bits per heavy atom. The third-order valence-electron chi connectivity index (χ3n) is 3.57. The van der Waals surface area contributed by atoms with Gasteiger partial charge in [0.2, 0.25) is 0 Å². The number of aliphatic hydroxyl groups is 1. The van der Waals surface area contributed by atoms with Gasteiger partial charge >= 0.3 is 0 Å². The van der Waals surface area contributed by atoms with Crippen LogP contribution >= 0.6 is 11.6 Å². The summed E-state index contributed by atoms with van der Waals surface area (Å²) in [5, 5.41) is 16.3. The highest BCUT2D eigenvalue weighted by atomic mass is 35.5. The van der Waals surface area contributed by atoms with Gasteiger partial charge in [-0.05, 0) is 29.7 Å². The Hall–Kier alpha value is -1.92. The van der Waals surface area contributed by atoms with Crippen molar-refractivity contribution < 1.29 is 14.3 Å². The van der Waals surface area contributed by atoms with Crippen molar-refractivity contribution in [2.75, 3.05) is 6.61 Å². The van der Waals surface area contributed by atoms with Crippen LogP contribution < -0.4 is 5.32 Å². The van der Waals surface area contributed by atoms with E-state index in [1.165, 1.54) is 12.1 Å². The molecular weight excluding hydrogens is 321 g/mol. The Morgan fingerprint density at radius 2 is 2.13 bits per heavy atom. The smallest absolute Gasteiger partial charge is 0.272 e. The van der Waals surface area contributed by atoms with Gasteiger partial charge in [-0.3, -0.25) is 9.48 Å². The number of carbonyl (C=O) groups excluding carboxylic acids is 1. The van der Waals surface area contributed by atoms with E-state index in [0.29, 0.717) is 5.56 Å². The molecule has 2 rings (SSSR count). The van der Waals surface area contributed by atoms with E-state index in [4.69, 9.17) is 11.6 Å². The fourth-order valence-electron chi connectivity index (χ4n) is 2.33. The molecule has 2 N–H and O–H groups in total. The van der Waals surface area contributed by atoms with Gasteiger partial charge in [0, 0.05) is 12.7 Å². The van der Waals surface area contributed by atoms with Crippen molar-refractivity contribution in [2.45, 2.75) is 25.8 Å². The minimum absolute atomic E-state index is 0.0110. The number of hydrogen-bond donors (Lipinski definition) is 2. The molecule has 7 heteroatoms. The highest BCUT2D eigenvalue weighted by Crippen LogP contribution is 2.21. The van der Waals surface area contributed by atoms with Crippen LogP contribution in [-0.4, -0.2) is 27.4 Å². The number of hydrogen-bond acceptors (Lipinski definition) is 3. The average Bonchev–Trinajstić information content (AvgIpc) is 2.90. The lowest BCUT2D eigenvalue weighted by Gasteiger charge is -2.16. The second-order valence-corrected chi connectivity index (χ2v) is 6.02. The Kier molecular flexibility index (Phi) is 5.38. The zero-order valence-corrected chi connectivity index (χ0v) is 13.9. The van der Waals surface area contributed by atoms with Gasteiger partial charge in [-0.2, -0.15) is 5.10 Å². The molecule has 0 aliphatic heterocycles. The zero-order chi connectivity index (χ0) is 17.1. The number of aromatic nitrogens is 2. The fourth-order valence-corrected chi connectivity index (χ4v) is 2.45. The molecule has 23 heavy (non-hydrogen) atoms. The Bertz CT molecular complexity index is 715. The maximum absolute atomic E-state index is 13.5. The molecule has 0 spiro atoms. The molecule has 124 valence electrons. The van der Waals surface area contributed by atoms with Gasteiger partial charge in [0.25, 0.3) is 5.91 Å². The van der Waals surface area contributed by atoms with Crippen LogP contribution in [0.5, 0.6) is 0 Å². The van der Waals surface area contributed by atoms with Gasteiger partial charge in [-0.1, -0.05) is 31.5 Å². The molecule has 0 saturated heterocycles. The normalized spacial score (nSPS) is 12.5. The summed E-state index contributed by atoms with van der Waals surface area (Å²) in [6, 6.07) is 5.11. The second-order valence-electron chi connectivity index (χ2n) is 5.61. The minimum Gasteiger partial charge on any atom is -0.394 e. The summed E-state index contributed by atoms with van der Waals surface area (Å²) < 4.78 is 15.2. The number of nitrogens with zero attached hydrogens (tertiary/aromatic N) is 2. The standard InChI is InChI=1S/C16H19ClFN3O2/c1-9(2)15-7-13(20-21(15)3)16(23)19-14(8-22)10-4-5-11(17)12(18)6-10/h4-7,9,14,22H,8H2,1-3H3,(H,19,23). The van der Waals surface area contributed by atoms with Crippen LogP contribution in [0.25, 0.3) is 0 Å². The third kappa shape index (κ3) is 3.89. The predicted molar refractivity (Wildman–Crippen MR) is 86.0 cm³/mol. The van der Waals surface area contributed by atoms with Crippen molar-refractivity contribution >= 4 is 17.5 Å². The summed E-state index contributed by atoms with van der Waals surface area (Å²) in [5.41, 5.74) is 1.61. The summed E-state index contributed by atoms with van der Waals surface area (Å²) in [6.45, 7) is 3.65. The van der Waals surface area contributed by atoms with Crippen molar-refractivity contribution in [3.05, 3.63) is 52.1 Å². The highest BCUT2D eigenvalue weighted by molar-refractivity contribution is 6.30. The van der Waals surface area contributed by atoms with E-state index in [0.717, 1.165) is 5.69 Å². The van der Waals surface area contributed by atoms with Crippen LogP contribution in [0, 0.1) is 5.82 Å². The lowest BCUT2D eigenvalue weighted by atomic mass is 10.1. The zero-order valence-electron chi connectivity index (χ0n) is 13.2. The number of rotatable bonds is 5. The van der Waals surface area contributed by atoms with Gasteiger partial charge < -0.3 is 10.4 Å². The van der Waals surface area contributed by atoms with Crippen LogP contribution in [-0.2, 0) is 7.05 Å². The molecular formula is C16H19ClFN3O2. The average molecular weight is 340 g/mol. The van der Waals surface area contributed by atoms with Crippen molar-refractivity contribution in [3.8, 4) is 0 Å². The molecule has 2 aromatic rings. The van der Waals surface area contributed by atoms with Crippen LogP contribution in [0.15, 0.2) is 24.3 Å². The summed E-state index contributed by atoms with van der Waals surface area (Å²) >= 11 is 5.64. The van der Waals surface area contributed by atoms with Crippen LogP contribution in [0.2, 0.25) is 5.02 Å². The molecule has 0 aliphatic carbocycles. The first-order chi connectivity index (χ1) is 10.8. The molecule has 0 radical (unpaired) electrons. The minimum atomic E-state index is -0.737. The monoisotopic (exact) mass is 339 g/mol. The molecule has 1 atom stereocenters. The first kappa shape index (κ1) is 17.4. The molecule has 1 amide bonds. The van der Waals surface area contributed by atoms with E-state index < -0.39 is 17.8 Å². The first-order valence-corrected chi connectivity index (χ1v) is 7.62. The van der Waals surface area contributed by atoms with Crippen molar-refractivity contribution in [1.82, 2.24) is 15.1 Å². The molecule has 0 fully saturated rings. The summed E-state index contributed by atoms with van der Waals surface area (Å²) in [4.78, 5) is 12.3. The molecule has 0 saturated carbocycles. The topological polar surface area (TPSA) is 67.2 Å². The van der Waals surface area contributed by atoms with Crippen LogP contribution in [0.1, 0.15) is 47.6 Å². The number of amides is 1. The first-order valence-electron chi connectivity index (χ1n) is 7.24. The predicted octanol–water partition coefficient (Wildman–Crippen LogP) is 2.80. The van der Waals surface area contributed by atoms with Gasteiger partial charge in [0.1, 0.15) is 11.5 Å². The Labute approximate surface area is 139 Å². The van der Waals surface area contributed by atoms with Crippen molar-refractivity contribution in [1.29, 1.82) is 0 Å². The van der Waals surface area contributed by atoms with E-state index in [1.54, 1.807) is 23.9 Å². The maximum Gasteiger partial charge on any atom is 0.272 e. The SMILES string of the molecule is CC(C)c1cc(C(=O)NC(CO)c2ccc(Cl)c(F)c2)nn1C. The maximum atomic E-state index is 13.5. The summed E-state index contributed by atoms with van der Waals surface area (Å²) in [7, 11) is 1.77. The quantitative estimate of drug-likeness (QED) is 0.880. The number of aliphatic hydroxyl groups excluding tert-OH is 1. The fraction of sp³-hybridized carbons (Fsp3) is 0.375. The van der Waals surface area contributed by atoms with Gasteiger partial charge in [0.05, 0.1) is 17.7 Å². The second kappa shape index (κ2) is 7.10. The molecule has 0 bridgehead atoms. The van der Waals surface area contributed by atoms with Gasteiger partial charge in [-0.15, -0.1) is 0 Å². The van der Waals surface area contributed by atoms with Gasteiger partial charge in [-0.25, -0.2) is 4.39 Å². The number of halogens is 2. The number of nitrogens with one attached hydrogen (secondary N) is 1. The number of aryl methyl sites for hydroxylation is 1. The van der Waals surface area contributed by atoms with E-state index in [1.807, 2.05) is 13.8 Å². The molecule has 0 aliphatic rings. The summed E-state index contributed by atoms with van der Waals surface area (Å²) in [6.07, 6.45) is 0. The molecule has 1 aromatic heterocycles.